The molecule has 0 spiro atoms. The molecule has 2 rings (SSSR count). The molecule has 1 aromatic rings. The number of hydrogen-bond donors (Lipinski definition) is 3. The molecule has 4 amide bonds. The van der Waals surface area contributed by atoms with E-state index < -0.39 is 17.7 Å². The number of imide groups is 1. The number of nitrogens with one attached hydrogen (secondary N) is 2. The lowest BCUT2D eigenvalue weighted by Gasteiger charge is -2.15. The second-order valence-electron chi connectivity index (χ2n) is 5.50. The summed E-state index contributed by atoms with van der Waals surface area (Å²) in [4.78, 5) is 48.3. The van der Waals surface area contributed by atoms with Crippen LogP contribution in [-0.4, -0.2) is 48.2 Å². The second kappa shape index (κ2) is 8.09. The summed E-state index contributed by atoms with van der Waals surface area (Å²) in [7, 11) is 0. The first-order chi connectivity index (χ1) is 11.5. The van der Waals surface area contributed by atoms with Gasteiger partial charge in [0.15, 0.2) is 0 Å². The van der Waals surface area contributed by atoms with Crippen LogP contribution < -0.4 is 16.4 Å². The number of hydrogen-bond acceptors (Lipinski definition) is 5. The molecule has 0 atom stereocenters. The summed E-state index contributed by atoms with van der Waals surface area (Å²) < 4.78 is 0. The molecule has 0 aliphatic carbocycles. The van der Waals surface area contributed by atoms with Crippen LogP contribution in [0, 0.1) is 0 Å². The van der Waals surface area contributed by atoms with Gasteiger partial charge in [-0.05, 0) is 37.1 Å². The molecule has 0 unspecified atom stereocenters. The number of anilines is 1. The van der Waals surface area contributed by atoms with Crippen LogP contribution in [0.15, 0.2) is 24.3 Å². The molecule has 1 heterocycles. The van der Waals surface area contributed by atoms with E-state index in [2.05, 4.69) is 5.32 Å². The zero-order valence-corrected chi connectivity index (χ0v) is 13.2. The fourth-order valence-electron chi connectivity index (χ4n) is 2.36. The van der Waals surface area contributed by atoms with Gasteiger partial charge in [0.2, 0.25) is 5.91 Å². The molecule has 0 bridgehead atoms. The van der Waals surface area contributed by atoms with Crippen LogP contribution in [-0.2, 0) is 14.4 Å². The third-order valence-corrected chi connectivity index (χ3v) is 3.67. The molecule has 1 aliphatic rings. The highest BCUT2D eigenvalue weighted by Crippen LogP contribution is 2.09. The van der Waals surface area contributed by atoms with Crippen LogP contribution in [0.2, 0.25) is 0 Å². The number of carbonyl (C=O) groups excluding carboxylic acids is 4. The van der Waals surface area contributed by atoms with E-state index in [0.29, 0.717) is 25.1 Å². The van der Waals surface area contributed by atoms with Gasteiger partial charge in [-0.2, -0.15) is 0 Å². The van der Waals surface area contributed by atoms with Gasteiger partial charge in [-0.25, -0.2) is 0 Å². The van der Waals surface area contributed by atoms with Crippen LogP contribution >= 0.6 is 0 Å². The lowest BCUT2D eigenvalue weighted by Crippen LogP contribution is -2.43. The summed E-state index contributed by atoms with van der Waals surface area (Å²) in [5.41, 5.74) is 6.24. The number of rotatable bonds is 5. The van der Waals surface area contributed by atoms with Crippen molar-refractivity contribution >= 4 is 29.3 Å². The number of nitrogens with zero attached hydrogens (tertiary/aromatic N) is 1. The fourth-order valence-corrected chi connectivity index (χ4v) is 2.36. The van der Waals surface area contributed by atoms with Crippen molar-refractivity contribution in [3.05, 3.63) is 29.8 Å². The summed E-state index contributed by atoms with van der Waals surface area (Å²) in [6.07, 6.45) is 1.99. The Bertz CT molecular complexity index is 642. The second-order valence-corrected chi connectivity index (χ2v) is 5.50. The molecular weight excluding hydrogens is 312 g/mol. The van der Waals surface area contributed by atoms with Gasteiger partial charge in [0.1, 0.15) is 0 Å². The zero-order chi connectivity index (χ0) is 17.5. The standard InChI is InChI=1S/C16H20N4O4/c17-12-6-4-11(5-7-12)14(22)19-16(24)15(23)18-8-2-10-20-9-1-3-13(20)21/h4-7H,1-3,8-10,17H2,(H,18,23)(H,19,22,24). The average molecular weight is 332 g/mol. The summed E-state index contributed by atoms with van der Waals surface area (Å²) in [6, 6.07) is 5.98. The third-order valence-electron chi connectivity index (χ3n) is 3.67. The van der Waals surface area contributed by atoms with Crippen molar-refractivity contribution in [2.45, 2.75) is 19.3 Å². The molecule has 1 fully saturated rings. The molecule has 0 radical (unpaired) electrons. The van der Waals surface area contributed by atoms with Gasteiger partial charge < -0.3 is 16.0 Å². The van der Waals surface area contributed by atoms with Crippen LogP contribution in [0.3, 0.4) is 0 Å². The van der Waals surface area contributed by atoms with E-state index in [4.69, 9.17) is 5.73 Å². The van der Waals surface area contributed by atoms with Gasteiger partial charge in [0.05, 0.1) is 0 Å². The largest absolute Gasteiger partial charge is 0.399 e. The first-order valence-corrected chi connectivity index (χ1v) is 7.74. The van der Waals surface area contributed by atoms with Gasteiger partial charge in [0, 0.05) is 37.3 Å². The van der Waals surface area contributed by atoms with E-state index in [0.717, 1.165) is 13.0 Å². The minimum absolute atomic E-state index is 0.119. The van der Waals surface area contributed by atoms with E-state index in [-0.39, 0.29) is 18.0 Å². The topological polar surface area (TPSA) is 122 Å². The van der Waals surface area contributed by atoms with E-state index in [1.807, 2.05) is 5.32 Å². The molecule has 8 nitrogen and oxygen atoms in total. The molecule has 8 heteroatoms. The number of carbonyl (C=O) groups is 4. The Hall–Kier alpha value is -2.90. The van der Waals surface area contributed by atoms with E-state index in [1.54, 1.807) is 4.90 Å². The van der Waals surface area contributed by atoms with Crippen LogP contribution in [0.25, 0.3) is 0 Å². The molecular formula is C16H20N4O4. The zero-order valence-electron chi connectivity index (χ0n) is 13.2. The van der Waals surface area contributed by atoms with Gasteiger partial charge >= 0.3 is 11.8 Å². The van der Waals surface area contributed by atoms with Crippen molar-refractivity contribution in [1.29, 1.82) is 0 Å². The maximum atomic E-state index is 11.8. The molecule has 4 N–H and O–H groups in total. The highest BCUT2D eigenvalue weighted by Gasteiger charge is 2.20. The van der Waals surface area contributed by atoms with Gasteiger partial charge in [-0.15, -0.1) is 0 Å². The first kappa shape index (κ1) is 17.5. The Morgan fingerprint density at radius 1 is 1.12 bits per heavy atom. The predicted molar refractivity (Wildman–Crippen MR) is 86.8 cm³/mol. The van der Waals surface area contributed by atoms with E-state index in [1.165, 1.54) is 24.3 Å². The predicted octanol–water partition coefficient (Wildman–Crippen LogP) is -0.346. The number of benzene rings is 1. The van der Waals surface area contributed by atoms with Crippen LogP contribution in [0.1, 0.15) is 29.6 Å². The van der Waals surface area contributed by atoms with E-state index >= 15 is 0 Å². The molecule has 1 saturated heterocycles. The van der Waals surface area contributed by atoms with Crippen molar-refractivity contribution < 1.29 is 19.2 Å². The van der Waals surface area contributed by atoms with Gasteiger partial charge in [0.25, 0.3) is 5.91 Å². The number of nitrogen functional groups attached to an aromatic ring is 1. The molecule has 0 aromatic heterocycles. The van der Waals surface area contributed by atoms with E-state index in [9.17, 15) is 19.2 Å². The Kier molecular flexibility index (Phi) is 5.89. The fraction of sp³-hybridized carbons (Fsp3) is 0.375. The lowest BCUT2D eigenvalue weighted by atomic mass is 10.2. The van der Waals surface area contributed by atoms with Crippen molar-refractivity contribution in [3.8, 4) is 0 Å². The maximum absolute atomic E-state index is 11.8. The first-order valence-electron chi connectivity index (χ1n) is 7.74. The monoisotopic (exact) mass is 332 g/mol. The van der Waals surface area contributed by atoms with Crippen molar-refractivity contribution in [2.24, 2.45) is 0 Å². The van der Waals surface area contributed by atoms with Gasteiger partial charge in [-0.3, -0.25) is 24.5 Å². The summed E-state index contributed by atoms with van der Waals surface area (Å²) in [5, 5.41) is 4.44. The van der Waals surface area contributed by atoms with Crippen molar-refractivity contribution in [1.82, 2.24) is 15.5 Å². The quantitative estimate of drug-likeness (QED) is 0.387. The number of amides is 4. The van der Waals surface area contributed by atoms with Gasteiger partial charge in [-0.1, -0.05) is 0 Å². The SMILES string of the molecule is Nc1ccc(C(=O)NC(=O)C(=O)NCCCN2CCCC2=O)cc1. The van der Waals surface area contributed by atoms with Crippen molar-refractivity contribution in [3.63, 3.8) is 0 Å². The molecule has 24 heavy (non-hydrogen) atoms. The Balaban J connectivity index is 1.69. The highest BCUT2D eigenvalue weighted by molar-refractivity contribution is 6.38. The Labute approximate surface area is 139 Å². The highest BCUT2D eigenvalue weighted by atomic mass is 16.2. The van der Waals surface area contributed by atoms with Crippen LogP contribution in [0.4, 0.5) is 5.69 Å². The summed E-state index contributed by atoms with van der Waals surface area (Å²) in [6.45, 7) is 1.54. The minimum atomic E-state index is -1.02. The normalized spacial score (nSPS) is 13.7. The molecule has 128 valence electrons. The average Bonchev–Trinajstić information content (AvgIpc) is 2.97. The smallest absolute Gasteiger partial charge is 0.316 e. The van der Waals surface area contributed by atoms with Crippen molar-refractivity contribution in [2.75, 3.05) is 25.4 Å². The number of nitrogens with two attached hydrogens (primary N) is 1. The minimum Gasteiger partial charge on any atom is -0.399 e. The number of likely N-dealkylation sites (tertiary alicyclic amines) is 1. The third kappa shape index (κ3) is 4.80. The summed E-state index contributed by atoms with van der Waals surface area (Å²) in [5.74, 6) is -2.45. The molecule has 1 aromatic carbocycles. The Morgan fingerprint density at radius 3 is 2.46 bits per heavy atom. The maximum Gasteiger partial charge on any atom is 0.316 e. The molecule has 1 aliphatic heterocycles. The molecule has 0 saturated carbocycles. The lowest BCUT2D eigenvalue weighted by molar-refractivity contribution is -0.138. The van der Waals surface area contributed by atoms with Crippen LogP contribution in [0.5, 0.6) is 0 Å². The Morgan fingerprint density at radius 2 is 1.83 bits per heavy atom. The summed E-state index contributed by atoms with van der Waals surface area (Å²) >= 11 is 0.